The van der Waals surface area contributed by atoms with Gasteiger partial charge >= 0.3 is 0 Å². The molecule has 0 aliphatic carbocycles. The smallest absolute Gasteiger partial charge is 0.103 e. The number of likely N-dealkylation sites (N-methyl/N-ethyl adjacent to an activating group) is 1. The lowest BCUT2D eigenvalue weighted by atomic mass is 10.1. The lowest BCUT2D eigenvalue weighted by Gasteiger charge is -2.16. The Labute approximate surface area is 121 Å². The Hall–Kier alpha value is -0.580. The van der Waals surface area contributed by atoms with E-state index in [1.165, 1.54) is 9.35 Å². The highest BCUT2D eigenvalue weighted by molar-refractivity contribution is 9.10. The first-order chi connectivity index (χ1) is 8.79. The second-order valence-electron chi connectivity index (χ2n) is 4.27. The molecule has 2 heterocycles. The number of aryl methyl sites for hydroxylation is 1. The van der Waals surface area contributed by atoms with Crippen molar-refractivity contribution < 1.29 is 4.42 Å². The molecule has 2 aromatic rings. The van der Waals surface area contributed by atoms with Crippen LogP contribution in [0, 0.1) is 0 Å². The molecule has 0 aliphatic heterocycles. The number of furan rings is 1. The zero-order valence-electron chi connectivity index (χ0n) is 10.5. The SMILES string of the molecule is CCNC(CCc1ccco1)Cc1sccc1Br. The van der Waals surface area contributed by atoms with Gasteiger partial charge in [-0.1, -0.05) is 6.92 Å². The van der Waals surface area contributed by atoms with Crippen LogP contribution in [0.2, 0.25) is 0 Å². The number of halogens is 1. The molecule has 1 unspecified atom stereocenters. The van der Waals surface area contributed by atoms with E-state index in [0.717, 1.165) is 31.6 Å². The third-order valence-electron chi connectivity index (χ3n) is 2.93. The minimum atomic E-state index is 0.509. The molecule has 0 amide bonds. The Morgan fingerprint density at radius 1 is 1.44 bits per heavy atom. The number of rotatable bonds is 7. The first kappa shape index (κ1) is 13.8. The Morgan fingerprint density at radius 3 is 2.94 bits per heavy atom. The van der Waals surface area contributed by atoms with Crippen molar-refractivity contribution >= 4 is 27.3 Å². The van der Waals surface area contributed by atoms with Crippen LogP contribution in [-0.2, 0) is 12.8 Å². The van der Waals surface area contributed by atoms with Crippen LogP contribution < -0.4 is 5.32 Å². The van der Waals surface area contributed by atoms with E-state index in [1.54, 1.807) is 6.26 Å². The summed E-state index contributed by atoms with van der Waals surface area (Å²) in [5.74, 6) is 1.07. The summed E-state index contributed by atoms with van der Waals surface area (Å²) in [5, 5.41) is 5.69. The van der Waals surface area contributed by atoms with Gasteiger partial charge < -0.3 is 9.73 Å². The summed E-state index contributed by atoms with van der Waals surface area (Å²) < 4.78 is 6.62. The molecule has 1 N–H and O–H groups in total. The summed E-state index contributed by atoms with van der Waals surface area (Å²) in [6.07, 6.45) is 4.92. The zero-order valence-corrected chi connectivity index (χ0v) is 12.9. The quantitative estimate of drug-likeness (QED) is 0.822. The largest absolute Gasteiger partial charge is 0.469 e. The summed E-state index contributed by atoms with van der Waals surface area (Å²) >= 11 is 5.42. The van der Waals surface area contributed by atoms with E-state index in [2.05, 4.69) is 39.6 Å². The lowest BCUT2D eigenvalue weighted by Crippen LogP contribution is -2.31. The Kier molecular flexibility index (Phi) is 5.47. The Balaban J connectivity index is 1.89. The molecule has 2 nitrogen and oxygen atoms in total. The average Bonchev–Trinajstić information content (AvgIpc) is 2.99. The molecule has 0 spiro atoms. The molecule has 0 aromatic carbocycles. The van der Waals surface area contributed by atoms with Gasteiger partial charge in [0.1, 0.15) is 5.76 Å². The van der Waals surface area contributed by atoms with Crippen molar-refractivity contribution in [1.82, 2.24) is 5.32 Å². The maximum Gasteiger partial charge on any atom is 0.103 e. The van der Waals surface area contributed by atoms with Crippen molar-refractivity contribution in [3.63, 3.8) is 0 Å². The van der Waals surface area contributed by atoms with Gasteiger partial charge in [0, 0.05) is 21.8 Å². The van der Waals surface area contributed by atoms with Gasteiger partial charge in [0.15, 0.2) is 0 Å². The van der Waals surface area contributed by atoms with Gasteiger partial charge in [0.25, 0.3) is 0 Å². The monoisotopic (exact) mass is 327 g/mol. The minimum absolute atomic E-state index is 0.509. The Morgan fingerprint density at radius 2 is 2.33 bits per heavy atom. The molecule has 0 fully saturated rings. The Bertz CT molecular complexity index is 452. The maximum atomic E-state index is 5.39. The van der Waals surface area contributed by atoms with Crippen molar-refractivity contribution in [2.24, 2.45) is 0 Å². The van der Waals surface area contributed by atoms with E-state index in [4.69, 9.17) is 4.42 Å². The van der Waals surface area contributed by atoms with Gasteiger partial charge in [-0.2, -0.15) is 0 Å². The molecule has 0 saturated carbocycles. The summed E-state index contributed by atoms with van der Waals surface area (Å²) in [7, 11) is 0. The lowest BCUT2D eigenvalue weighted by molar-refractivity contribution is 0.449. The number of hydrogen-bond acceptors (Lipinski definition) is 3. The highest BCUT2D eigenvalue weighted by Gasteiger charge is 2.12. The number of hydrogen-bond donors (Lipinski definition) is 1. The van der Waals surface area contributed by atoms with Gasteiger partial charge in [0.2, 0.25) is 0 Å². The molecule has 4 heteroatoms. The van der Waals surface area contributed by atoms with Crippen molar-refractivity contribution in [2.75, 3.05) is 6.54 Å². The van der Waals surface area contributed by atoms with E-state index >= 15 is 0 Å². The molecule has 18 heavy (non-hydrogen) atoms. The molecule has 0 radical (unpaired) electrons. The molecule has 2 rings (SSSR count). The summed E-state index contributed by atoms with van der Waals surface area (Å²) in [6.45, 7) is 3.16. The van der Waals surface area contributed by atoms with E-state index in [1.807, 2.05) is 23.5 Å². The second-order valence-corrected chi connectivity index (χ2v) is 6.12. The molecule has 0 bridgehead atoms. The minimum Gasteiger partial charge on any atom is -0.469 e. The molecule has 1 atom stereocenters. The van der Waals surface area contributed by atoms with Gasteiger partial charge in [-0.3, -0.25) is 0 Å². The van der Waals surface area contributed by atoms with Gasteiger partial charge in [0.05, 0.1) is 6.26 Å². The van der Waals surface area contributed by atoms with E-state index < -0.39 is 0 Å². The average molecular weight is 328 g/mol. The summed E-state index contributed by atoms with van der Waals surface area (Å²) in [5.41, 5.74) is 0. The van der Waals surface area contributed by atoms with Crippen LogP contribution in [0.5, 0.6) is 0 Å². The maximum absolute atomic E-state index is 5.39. The van der Waals surface area contributed by atoms with Crippen LogP contribution in [0.3, 0.4) is 0 Å². The first-order valence-electron chi connectivity index (χ1n) is 6.27. The van der Waals surface area contributed by atoms with Crippen molar-refractivity contribution in [3.8, 4) is 0 Å². The molecule has 98 valence electrons. The van der Waals surface area contributed by atoms with Crippen molar-refractivity contribution in [2.45, 2.75) is 32.2 Å². The third-order valence-corrected chi connectivity index (χ3v) is 4.88. The summed E-state index contributed by atoms with van der Waals surface area (Å²) in [4.78, 5) is 1.42. The standard InChI is InChI=1S/C14H18BrNOS/c1-2-16-11(5-6-12-4-3-8-17-12)10-14-13(15)7-9-18-14/h3-4,7-9,11,16H,2,5-6,10H2,1H3. The number of nitrogens with one attached hydrogen (secondary N) is 1. The van der Waals surface area contributed by atoms with Crippen LogP contribution in [0.1, 0.15) is 24.0 Å². The third kappa shape index (κ3) is 3.97. The van der Waals surface area contributed by atoms with Crippen LogP contribution in [0.25, 0.3) is 0 Å². The van der Waals surface area contributed by atoms with Crippen molar-refractivity contribution in [3.05, 3.63) is 45.0 Å². The molecular weight excluding hydrogens is 310 g/mol. The van der Waals surface area contributed by atoms with Gasteiger partial charge in [-0.25, -0.2) is 0 Å². The second kappa shape index (κ2) is 7.12. The predicted octanol–water partition coefficient (Wildman–Crippen LogP) is 4.26. The van der Waals surface area contributed by atoms with E-state index in [0.29, 0.717) is 6.04 Å². The fourth-order valence-corrected chi connectivity index (χ4v) is 3.63. The zero-order chi connectivity index (χ0) is 12.8. The van der Waals surface area contributed by atoms with Crippen LogP contribution >= 0.6 is 27.3 Å². The fraction of sp³-hybridized carbons (Fsp3) is 0.429. The highest BCUT2D eigenvalue weighted by Crippen LogP contribution is 2.24. The molecule has 0 aliphatic rings. The predicted molar refractivity (Wildman–Crippen MR) is 80.2 cm³/mol. The first-order valence-corrected chi connectivity index (χ1v) is 7.94. The highest BCUT2D eigenvalue weighted by atomic mass is 79.9. The van der Waals surface area contributed by atoms with Crippen LogP contribution in [0.4, 0.5) is 0 Å². The molecular formula is C14H18BrNOS. The van der Waals surface area contributed by atoms with Crippen LogP contribution in [-0.4, -0.2) is 12.6 Å². The fourth-order valence-electron chi connectivity index (χ4n) is 2.03. The van der Waals surface area contributed by atoms with Gasteiger partial charge in [-0.15, -0.1) is 11.3 Å². The van der Waals surface area contributed by atoms with Crippen LogP contribution in [0.15, 0.2) is 38.7 Å². The van der Waals surface area contributed by atoms with E-state index in [-0.39, 0.29) is 0 Å². The number of thiophene rings is 1. The van der Waals surface area contributed by atoms with Gasteiger partial charge in [-0.05, 0) is 58.9 Å². The molecule has 2 aromatic heterocycles. The summed E-state index contributed by atoms with van der Waals surface area (Å²) in [6, 6.07) is 6.63. The van der Waals surface area contributed by atoms with Crippen molar-refractivity contribution in [1.29, 1.82) is 0 Å². The van der Waals surface area contributed by atoms with E-state index in [9.17, 15) is 0 Å². The normalized spacial score (nSPS) is 12.8. The topological polar surface area (TPSA) is 25.2 Å². The molecule has 0 saturated heterocycles.